The average Bonchev–Trinajstić information content (AvgIpc) is 3.21. The summed E-state index contributed by atoms with van der Waals surface area (Å²) in [4.78, 5) is 20.9. The molecule has 0 aliphatic carbocycles. The van der Waals surface area contributed by atoms with Crippen LogP contribution in [0.15, 0.2) is 67.1 Å². The predicted molar refractivity (Wildman–Crippen MR) is 128 cm³/mol. The van der Waals surface area contributed by atoms with Crippen LogP contribution in [0.25, 0.3) is 5.69 Å². The third-order valence-corrected chi connectivity index (χ3v) is 4.93. The van der Waals surface area contributed by atoms with Gasteiger partial charge >= 0.3 is 6.03 Å². The summed E-state index contributed by atoms with van der Waals surface area (Å²) in [6, 6.07) is 12.5. The Labute approximate surface area is 196 Å². The molecule has 0 fully saturated rings. The number of amides is 2. The van der Waals surface area contributed by atoms with E-state index < -0.39 is 11.8 Å². The lowest BCUT2D eigenvalue weighted by atomic mass is 9.92. The van der Waals surface area contributed by atoms with E-state index in [4.69, 9.17) is 4.74 Å². The van der Waals surface area contributed by atoms with Gasteiger partial charge in [-0.25, -0.2) is 13.9 Å². The number of benzene rings is 1. The summed E-state index contributed by atoms with van der Waals surface area (Å²) < 4.78 is 21.7. The van der Waals surface area contributed by atoms with Crippen LogP contribution in [0, 0.1) is 12.7 Å². The number of ether oxygens (including phenoxy) is 1. The summed E-state index contributed by atoms with van der Waals surface area (Å²) in [5, 5.41) is 10.1. The van der Waals surface area contributed by atoms with E-state index in [9.17, 15) is 9.18 Å². The molecule has 8 nitrogen and oxygen atoms in total. The van der Waals surface area contributed by atoms with Gasteiger partial charge in [0.25, 0.3) is 0 Å². The summed E-state index contributed by atoms with van der Waals surface area (Å²) in [6.45, 7) is 8.01. The molecule has 174 valence electrons. The summed E-state index contributed by atoms with van der Waals surface area (Å²) in [5.74, 6) is 0.351. The topological polar surface area (TPSA) is 94.0 Å². The number of carbonyl (C=O) groups is 1. The summed E-state index contributed by atoms with van der Waals surface area (Å²) in [7, 11) is 0. The third-order valence-electron chi connectivity index (χ3n) is 4.93. The second-order valence-electron chi connectivity index (χ2n) is 8.74. The molecule has 4 aromatic rings. The molecular weight excluding hydrogens is 435 g/mol. The number of anilines is 2. The highest BCUT2D eigenvalue weighted by Gasteiger charge is 2.22. The first-order valence-corrected chi connectivity index (χ1v) is 10.7. The molecule has 0 saturated carbocycles. The molecule has 0 radical (unpaired) electrons. The summed E-state index contributed by atoms with van der Waals surface area (Å²) >= 11 is 0. The highest BCUT2D eigenvalue weighted by molar-refractivity contribution is 5.99. The molecule has 0 bridgehead atoms. The molecule has 3 aromatic heterocycles. The molecule has 0 saturated heterocycles. The van der Waals surface area contributed by atoms with Crippen LogP contribution >= 0.6 is 0 Å². The number of nitrogens with zero attached hydrogens (tertiary/aromatic N) is 4. The number of urea groups is 1. The van der Waals surface area contributed by atoms with Crippen molar-refractivity contribution >= 4 is 17.5 Å². The summed E-state index contributed by atoms with van der Waals surface area (Å²) in [6.07, 6.45) is 4.79. The van der Waals surface area contributed by atoms with Crippen molar-refractivity contribution in [3.63, 3.8) is 0 Å². The monoisotopic (exact) mass is 460 g/mol. The van der Waals surface area contributed by atoms with E-state index in [-0.39, 0.29) is 16.9 Å². The Morgan fingerprint density at radius 1 is 1.03 bits per heavy atom. The maximum Gasteiger partial charge on any atom is 0.324 e. The zero-order valence-electron chi connectivity index (χ0n) is 19.3. The quantitative estimate of drug-likeness (QED) is 0.390. The van der Waals surface area contributed by atoms with Gasteiger partial charge in [-0.05, 0) is 43.3 Å². The highest BCUT2D eigenvalue weighted by Crippen LogP contribution is 2.28. The molecule has 9 heteroatoms. The molecule has 2 amide bonds. The van der Waals surface area contributed by atoms with Crippen molar-refractivity contribution in [3.8, 4) is 17.2 Å². The van der Waals surface area contributed by atoms with Crippen LogP contribution < -0.4 is 15.4 Å². The fourth-order valence-corrected chi connectivity index (χ4v) is 3.09. The molecule has 0 spiro atoms. The van der Waals surface area contributed by atoms with E-state index in [1.165, 1.54) is 12.1 Å². The number of pyridine rings is 2. The van der Waals surface area contributed by atoms with Gasteiger partial charge in [-0.3, -0.25) is 15.3 Å². The number of rotatable bonds is 5. The van der Waals surface area contributed by atoms with Gasteiger partial charge in [-0.15, -0.1) is 0 Å². The molecule has 0 aliphatic rings. The minimum absolute atomic E-state index is 0.0388. The minimum Gasteiger partial charge on any atom is -0.454 e. The molecule has 0 aliphatic heterocycles. The maximum atomic E-state index is 14.5. The SMILES string of the molecule is Cc1ccc(-n2nc(C(C)(C)C)cc2NC(=O)Nc2ccc(Oc3ccncc3)c(F)c2)cn1. The Bertz CT molecular complexity index is 1300. The molecule has 0 atom stereocenters. The van der Waals surface area contributed by atoms with Gasteiger partial charge in [0, 0.05) is 41.3 Å². The van der Waals surface area contributed by atoms with Crippen LogP contribution in [0.3, 0.4) is 0 Å². The standard InChI is InChI=1S/C25H25FN6O2/c1-16-5-7-18(15-28-16)32-23(14-22(31-32)25(2,3)4)30-24(33)29-17-6-8-21(20(26)13-17)34-19-9-11-27-12-10-19/h5-15H,1-4H3,(H2,29,30,33). The third kappa shape index (κ3) is 5.37. The lowest BCUT2D eigenvalue weighted by molar-refractivity contribution is 0.262. The fraction of sp³-hybridized carbons (Fsp3) is 0.200. The van der Waals surface area contributed by atoms with E-state index in [2.05, 4.69) is 25.7 Å². The number of aromatic nitrogens is 4. The Morgan fingerprint density at radius 2 is 1.79 bits per heavy atom. The summed E-state index contributed by atoms with van der Waals surface area (Å²) in [5.41, 5.74) is 2.42. The van der Waals surface area contributed by atoms with E-state index in [0.29, 0.717) is 17.3 Å². The molecule has 2 N–H and O–H groups in total. The van der Waals surface area contributed by atoms with Crippen LogP contribution in [-0.2, 0) is 5.41 Å². The van der Waals surface area contributed by atoms with E-state index in [1.54, 1.807) is 41.5 Å². The van der Waals surface area contributed by atoms with Gasteiger partial charge in [-0.2, -0.15) is 5.10 Å². The van der Waals surface area contributed by atoms with E-state index in [0.717, 1.165) is 11.4 Å². The van der Waals surface area contributed by atoms with Crippen LogP contribution in [0.1, 0.15) is 32.2 Å². The first-order valence-electron chi connectivity index (χ1n) is 10.7. The zero-order chi connectivity index (χ0) is 24.3. The lowest BCUT2D eigenvalue weighted by Gasteiger charge is -2.14. The minimum atomic E-state index is -0.611. The Hall–Kier alpha value is -4.27. The van der Waals surface area contributed by atoms with Crippen molar-refractivity contribution in [2.24, 2.45) is 0 Å². The number of nitrogens with one attached hydrogen (secondary N) is 2. The maximum absolute atomic E-state index is 14.5. The van der Waals surface area contributed by atoms with Crippen LogP contribution in [0.4, 0.5) is 20.7 Å². The van der Waals surface area contributed by atoms with Gasteiger partial charge < -0.3 is 10.1 Å². The van der Waals surface area contributed by atoms with Crippen LogP contribution in [0.5, 0.6) is 11.5 Å². The van der Waals surface area contributed by atoms with Crippen molar-refractivity contribution in [1.29, 1.82) is 0 Å². The number of hydrogen-bond acceptors (Lipinski definition) is 5. The fourth-order valence-electron chi connectivity index (χ4n) is 3.09. The molecule has 1 aromatic carbocycles. The normalized spacial score (nSPS) is 11.2. The van der Waals surface area contributed by atoms with Gasteiger partial charge in [0.15, 0.2) is 11.6 Å². The van der Waals surface area contributed by atoms with Crippen LogP contribution in [-0.4, -0.2) is 25.8 Å². The molecule has 3 heterocycles. The van der Waals surface area contributed by atoms with Crippen LogP contribution in [0.2, 0.25) is 0 Å². The largest absolute Gasteiger partial charge is 0.454 e. The van der Waals surface area contributed by atoms with Gasteiger partial charge in [0.05, 0.1) is 17.6 Å². The number of hydrogen-bond donors (Lipinski definition) is 2. The second-order valence-corrected chi connectivity index (χ2v) is 8.74. The van der Waals surface area contributed by atoms with Crippen molar-refractivity contribution < 1.29 is 13.9 Å². The van der Waals surface area contributed by atoms with Gasteiger partial charge in [0.2, 0.25) is 0 Å². The van der Waals surface area contributed by atoms with E-state index >= 15 is 0 Å². The first-order chi connectivity index (χ1) is 16.2. The van der Waals surface area contributed by atoms with Gasteiger partial charge in [-0.1, -0.05) is 20.8 Å². The lowest BCUT2D eigenvalue weighted by Crippen LogP contribution is -2.21. The Balaban J connectivity index is 1.52. The number of halogens is 1. The molecule has 0 unspecified atom stereocenters. The second kappa shape index (κ2) is 9.30. The Kier molecular flexibility index (Phi) is 6.27. The number of carbonyl (C=O) groups excluding carboxylic acids is 1. The first kappa shape index (κ1) is 22.9. The van der Waals surface area contributed by atoms with Crippen molar-refractivity contribution in [2.45, 2.75) is 33.1 Å². The van der Waals surface area contributed by atoms with E-state index in [1.807, 2.05) is 45.9 Å². The zero-order valence-corrected chi connectivity index (χ0v) is 19.3. The van der Waals surface area contributed by atoms with Crippen molar-refractivity contribution in [1.82, 2.24) is 19.7 Å². The van der Waals surface area contributed by atoms with Crippen molar-refractivity contribution in [2.75, 3.05) is 10.6 Å². The molecular formula is C25H25FN6O2. The Morgan fingerprint density at radius 3 is 2.44 bits per heavy atom. The van der Waals surface area contributed by atoms with Gasteiger partial charge in [0.1, 0.15) is 11.6 Å². The highest BCUT2D eigenvalue weighted by atomic mass is 19.1. The molecule has 34 heavy (non-hydrogen) atoms. The average molecular weight is 461 g/mol. The smallest absolute Gasteiger partial charge is 0.324 e. The predicted octanol–water partition coefficient (Wildman–Crippen LogP) is 5.84. The van der Waals surface area contributed by atoms with Crippen molar-refractivity contribution in [3.05, 3.63) is 84.3 Å². The molecule has 4 rings (SSSR count). The number of aryl methyl sites for hydroxylation is 1.